The van der Waals surface area contributed by atoms with Crippen LogP contribution in [0.15, 0.2) is 12.1 Å². The van der Waals surface area contributed by atoms with Crippen LogP contribution in [0.3, 0.4) is 0 Å². The SMILES string of the molecule is COc1cc2c(c3c1OCOC3)CC1c3c(cc4c(c3OC)OCO4)CCN1C2. The number of nitrogens with zero attached hydrogens (tertiary/aromatic N) is 1. The van der Waals surface area contributed by atoms with Crippen molar-refractivity contribution in [3.05, 3.63) is 39.9 Å². The number of fused-ring (bicyclic) bond motifs is 7. The lowest BCUT2D eigenvalue weighted by molar-refractivity contribution is -0.0191. The predicted molar refractivity (Wildman–Crippen MR) is 103 cm³/mol. The molecule has 0 fully saturated rings. The van der Waals surface area contributed by atoms with E-state index in [1.54, 1.807) is 14.2 Å². The molecular formula is C22H23NO6. The van der Waals surface area contributed by atoms with Crippen LogP contribution >= 0.6 is 0 Å². The van der Waals surface area contributed by atoms with Crippen molar-refractivity contribution in [3.8, 4) is 28.7 Å². The fourth-order valence-corrected chi connectivity index (χ4v) is 5.18. The van der Waals surface area contributed by atoms with Gasteiger partial charge >= 0.3 is 0 Å². The fourth-order valence-electron chi connectivity index (χ4n) is 5.18. The summed E-state index contributed by atoms with van der Waals surface area (Å²) in [6.07, 6.45) is 1.83. The summed E-state index contributed by atoms with van der Waals surface area (Å²) in [4.78, 5) is 2.52. The minimum atomic E-state index is 0.218. The zero-order valence-corrected chi connectivity index (χ0v) is 16.6. The number of hydrogen-bond donors (Lipinski definition) is 0. The average molecular weight is 397 g/mol. The van der Waals surface area contributed by atoms with E-state index in [-0.39, 0.29) is 19.6 Å². The zero-order chi connectivity index (χ0) is 19.5. The highest BCUT2D eigenvalue weighted by molar-refractivity contribution is 5.63. The van der Waals surface area contributed by atoms with Crippen LogP contribution in [0.5, 0.6) is 28.7 Å². The summed E-state index contributed by atoms with van der Waals surface area (Å²) < 4.78 is 34.2. The van der Waals surface area contributed by atoms with E-state index in [2.05, 4.69) is 17.0 Å². The average Bonchev–Trinajstić information content (AvgIpc) is 3.24. The van der Waals surface area contributed by atoms with Crippen molar-refractivity contribution in [2.45, 2.75) is 32.0 Å². The number of methoxy groups -OCH3 is 2. The summed E-state index contributed by atoms with van der Waals surface area (Å²) in [6, 6.07) is 4.47. The van der Waals surface area contributed by atoms with Gasteiger partial charge < -0.3 is 28.4 Å². The smallest absolute Gasteiger partial charge is 0.231 e. The first-order valence-corrected chi connectivity index (χ1v) is 9.94. The Hall–Kier alpha value is -2.64. The molecule has 4 aliphatic heterocycles. The Morgan fingerprint density at radius 1 is 0.966 bits per heavy atom. The maximum Gasteiger partial charge on any atom is 0.231 e. The lowest BCUT2D eigenvalue weighted by Gasteiger charge is -2.43. The van der Waals surface area contributed by atoms with Crippen LogP contribution in [0.2, 0.25) is 0 Å². The van der Waals surface area contributed by atoms with Crippen LogP contribution in [-0.2, 0) is 30.7 Å². The predicted octanol–water partition coefficient (Wildman–Crippen LogP) is 2.95. The molecule has 0 bridgehead atoms. The Bertz CT molecular complexity index is 1000. The van der Waals surface area contributed by atoms with Crippen molar-refractivity contribution in [1.29, 1.82) is 0 Å². The third-order valence-electron chi connectivity index (χ3n) is 6.47. The molecule has 7 heteroatoms. The van der Waals surface area contributed by atoms with Crippen molar-refractivity contribution >= 4 is 0 Å². The molecule has 4 aliphatic rings. The normalized spacial score (nSPS) is 21.4. The zero-order valence-electron chi connectivity index (χ0n) is 16.6. The topological polar surface area (TPSA) is 58.6 Å². The largest absolute Gasteiger partial charge is 0.493 e. The second kappa shape index (κ2) is 6.43. The Balaban J connectivity index is 1.49. The van der Waals surface area contributed by atoms with Crippen LogP contribution < -0.4 is 23.7 Å². The molecule has 152 valence electrons. The van der Waals surface area contributed by atoms with Gasteiger partial charge in [0.2, 0.25) is 12.5 Å². The van der Waals surface area contributed by atoms with Gasteiger partial charge in [-0.3, -0.25) is 4.90 Å². The summed E-state index contributed by atoms with van der Waals surface area (Å²) >= 11 is 0. The molecule has 0 spiro atoms. The molecule has 6 rings (SSSR count). The highest BCUT2D eigenvalue weighted by Crippen LogP contribution is 2.52. The van der Waals surface area contributed by atoms with Gasteiger partial charge in [-0.2, -0.15) is 0 Å². The van der Waals surface area contributed by atoms with E-state index >= 15 is 0 Å². The molecule has 7 nitrogen and oxygen atoms in total. The second-order valence-electron chi connectivity index (χ2n) is 7.79. The Labute approximate surface area is 169 Å². The highest BCUT2D eigenvalue weighted by Gasteiger charge is 2.39. The first-order valence-electron chi connectivity index (χ1n) is 9.94. The van der Waals surface area contributed by atoms with E-state index in [1.165, 1.54) is 22.3 Å². The molecule has 29 heavy (non-hydrogen) atoms. The standard InChI is InChI=1S/C22H23NO6/c1-24-17-6-13-8-23-4-3-12-5-18-21(29-11-27-18)22(25-2)19(12)16(23)7-14(13)15-9-26-10-28-20(15)17/h5-6,16H,3-4,7-11H2,1-2H3. The fraction of sp³-hybridized carbons (Fsp3) is 0.455. The molecule has 0 saturated heterocycles. The molecule has 2 aromatic carbocycles. The quantitative estimate of drug-likeness (QED) is 0.772. The van der Waals surface area contributed by atoms with Gasteiger partial charge in [-0.15, -0.1) is 0 Å². The van der Waals surface area contributed by atoms with Crippen LogP contribution in [0.1, 0.15) is 33.9 Å². The van der Waals surface area contributed by atoms with Gasteiger partial charge in [-0.25, -0.2) is 0 Å². The number of rotatable bonds is 2. The van der Waals surface area contributed by atoms with Gasteiger partial charge in [0.15, 0.2) is 29.8 Å². The number of ether oxygens (including phenoxy) is 6. The third-order valence-corrected chi connectivity index (χ3v) is 6.47. The van der Waals surface area contributed by atoms with Crippen molar-refractivity contribution in [2.24, 2.45) is 0 Å². The van der Waals surface area contributed by atoms with Gasteiger partial charge in [-0.05, 0) is 41.7 Å². The number of benzene rings is 2. The molecular weight excluding hydrogens is 374 g/mol. The van der Waals surface area contributed by atoms with E-state index in [1.807, 2.05) is 0 Å². The van der Waals surface area contributed by atoms with E-state index < -0.39 is 0 Å². The maximum absolute atomic E-state index is 5.84. The monoisotopic (exact) mass is 397 g/mol. The summed E-state index contributed by atoms with van der Waals surface area (Å²) in [5, 5.41) is 0. The van der Waals surface area contributed by atoms with E-state index in [9.17, 15) is 0 Å². The second-order valence-corrected chi connectivity index (χ2v) is 7.79. The summed E-state index contributed by atoms with van der Waals surface area (Å²) in [5.74, 6) is 3.93. The highest BCUT2D eigenvalue weighted by atomic mass is 16.7. The summed E-state index contributed by atoms with van der Waals surface area (Å²) in [5.41, 5.74) is 6.20. The maximum atomic E-state index is 5.84. The molecule has 0 N–H and O–H groups in total. The van der Waals surface area contributed by atoms with Crippen LogP contribution in [0.25, 0.3) is 0 Å². The van der Waals surface area contributed by atoms with Gasteiger partial charge in [0.25, 0.3) is 0 Å². The van der Waals surface area contributed by atoms with Crippen LogP contribution in [-0.4, -0.2) is 39.3 Å². The Morgan fingerprint density at radius 2 is 1.86 bits per heavy atom. The first-order chi connectivity index (χ1) is 14.3. The molecule has 4 heterocycles. The van der Waals surface area contributed by atoms with Crippen molar-refractivity contribution in [3.63, 3.8) is 0 Å². The third kappa shape index (κ3) is 2.44. The van der Waals surface area contributed by atoms with Crippen LogP contribution in [0, 0.1) is 0 Å². The first kappa shape index (κ1) is 17.2. The molecule has 0 amide bonds. The number of hydrogen-bond acceptors (Lipinski definition) is 7. The van der Waals surface area contributed by atoms with E-state index in [4.69, 9.17) is 28.4 Å². The minimum absolute atomic E-state index is 0.218. The van der Waals surface area contributed by atoms with Crippen molar-refractivity contribution < 1.29 is 28.4 Å². The van der Waals surface area contributed by atoms with Gasteiger partial charge in [-0.1, -0.05) is 0 Å². The van der Waals surface area contributed by atoms with E-state index in [0.717, 1.165) is 60.2 Å². The molecule has 0 radical (unpaired) electrons. The minimum Gasteiger partial charge on any atom is -0.493 e. The summed E-state index contributed by atoms with van der Waals surface area (Å²) in [7, 11) is 3.40. The molecule has 0 aromatic heterocycles. The van der Waals surface area contributed by atoms with Crippen LogP contribution in [0.4, 0.5) is 0 Å². The molecule has 2 aromatic rings. The Morgan fingerprint density at radius 3 is 2.72 bits per heavy atom. The van der Waals surface area contributed by atoms with Gasteiger partial charge in [0, 0.05) is 30.3 Å². The molecule has 0 aliphatic carbocycles. The lowest BCUT2D eigenvalue weighted by atomic mass is 9.81. The molecule has 1 unspecified atom stereocenters. The van der Waals surface area contributed by atoms with E-state index in [0.29, 0.717) is 6.61 Å². The van der Waals surface area contributed by atoms with Crippen molar-refractivity contribution in [1.82, 2.24) is 4.90 Å². The van der Waals surface area contributed by atoms with Crippen molar-refractivity contribution in [2.75, 3.05) is 34.4 Å². The van der Waals surface area contributed by atoms with Gasteiger partial charge in [0.1, 0.15) is 0 Å². The van der Waals surface area contributed by atoms with Gasteiger partial charge in [0.05, 0.1) is 20.8 Å². The Kier molecular flexibility index (Phi) is 3.82. The summed E-state index contributed by atoms with van der Waals surface area (Å²) in [6.45, 7) is 2.91. The molecule has 0 saturated carbocycles. The lowest BCUT2D eigenvalue weighted by Crippen LogP contribution is -2.40. The molecule has 1 atom stereocenters.